The molecule has 0 spiro atoms. The molecule has 2 N–H and O–H groups in total. The van der Waals surface area contributed by atoms with Gasteiger partial charge in [-0.3, -0.25) is 4.79 Å². The number of aliphatic hydroxyl groups excluding tert-OH is 1. The van der Waals surface area contributed by atoms with Gasteiger partial charge in [0.05, 0.1) is 48.9 Å². The maximum atomic E-state index is 13.6. The molecule has 0 radical (unpaired) electrons. The molecule has 0 unspecified atom stereocenters. The van der Waals surface area contributed by atoms with Gasteiger partial charge in [0.1, 0.15) is 0 Å². The van der Waals surface area contributed by atoms with Gasteiger partial charge in [-0.1, -0.05) is 48.0 Å². The molecule has 1 amide bonds. The van der Waals surface area contributed by atoms with Crippen molar-refractivity contribution in [3.8, 4) is 0 Å². The van der Waals surface area contributed by atoms with Crippen LogP contribution in [0.25, 0.3) is 0 Å². The van der Waals surface area contributed by atoms with Crippen LogP contribution in [0, 0.1) is 6.92 Å². The second-order valence-corrected chi connectivity index (χ2v) is 11.3. The van der Waals surface area contributed by atoms with Crippen LogP contribution in [0.15, 0.2) is 53.4 Å². The number of carbonyl (C=O) groups excluding carboxylic acids is 1. The van der Waals surface area contributed by atoms with Gasteiger partial charge in [0, 0.05) is 18.1 Å². The minimum Gasteiger partial charge on any atom is -0.389 e. The van der Waals surface area contributed by atoms with E-state index in [1.807, 2.05) is 18.2 Å². The van der Waals surface area contributed by atoms with E-state index < -0.39 is 28.3 Å². The standard InChI is InChI=1S/C25H31ClN2O6S/c1-17-6-2-5-9-24(17)35(31,32)28-14-19(29)15-33-16-23-22(28)11-10-20(34-23)12-25(30)27-13-18-7-3-4-8-21(18)26/h2-9,19-20,22-23,29H,10-16H2,1H3,(H,27,30)/t19-,20-,22+,23-/m0/s1. The first-order chi connectivity index (χ1) is 16.8. The zero-order chi connectivity index (χ0) is 25.0. The molecule has 0 aromatic heterocycles. The summed E-state index contributed by atoms with van der Waals surface area (Å²) in [6.45, 7) is 2.14. The maximum Gasteiger partial charge on any atom is 0.243 e. The summed E-state index contributed by atoms with van der Waals surface area (Å²) >= 11 is 6.16. The lowest BCUT2D eigenvalue weighted by Crippen LogP contribution is -2.57. The zero-order valence-corrected chi connectivity index (χ0v) is 21.2. The van der Waals surface area contributed by atoms with Crippen LogP contribution in [0.1, 0.15) is 30.4 Å². The molecule has 2 aliphatic rings. The van der Waals surface area contributed by atoms with Crippen molar-refractivity contribution in [1.82, 2.24) is 9.62 Å². The molecule has 2 aliphatic heterocycles. The molecule has 10 heteroatoms. The Balaban J connectivity index is 1.44. The highest BCUT2D eigenvalue weighted by Crippen LogP contribution is 2.32. The van der Waals surface area contributed by atoms with Crippen molar-refractivity contribution in [3.05, 3.63) is 64.7 Å². The van der Waals surface area contributed by atoms with E-state index in [9.17, 15) is 18.3 Å². The number of fused-ring (bicyclic) bond motifs is 1. The largest absolute Gasteiger partial charge is 0.389 e. The number of rotatable bonds is 6. The number of β-amino-alcohol motifs (C(OH)–C–C–N with tert-alkyl or cyclic N) is 1. The summed E-state index contributed by atoms with van der Waals surface area (Å²) in [5, 5.41) is 13.8. The summed E-state index contributed by atoms with van der Waals surface area (Å²) in [7, 11) is -3.87. The Hall–Kier alpha value is -2.01. The number of ether oxygens (including phenoxy) is 2. The highest BCUT2D eigenvalue weighted by molar-refractivity contribution is 7.89. The number of nitrogens with zero attached hydrogens (tertiary/aromatic N) is 1. The molecule has 8 nitrogen and oxygen atoms in total. The van der Waals surface area contributed by atoms with Crippen LogP contribution in [-0.4, -0.2) is 67.8 Å². The van der Waals surface area contributed by atoms with Crippen LogP contribution in [0.3, 0.4) is 0 Å². The summed E-state index contributed by atoms with van der Waals surface area (Å²) in [5.74, 6) is -0.167. The van der Waals surface area contributed by atoms with E-state index in [0.29, 0.717) is 30.0 Å². The summed E-state index contributed by atoms with van der Waals surface area (Å²) in [6.07, 6.45) is -0.691. The SMILES string of the molecule is Cc1ccccc1S(=O)(=O)N1C[C@H](O)COC[C@@H]2O[C@H](CC(=O)NCc3ccccc3Cl)CC[C@H]21. The molecule has 4 atom stereocenters. The van der Waals surface area contributed by atoms with Gasteiger partial charge >= 0.3 is 0 Å². The predicted octanol–water partition coefficient (Wildman–Crippen LogP) is 2.65. The normalized spacial score (nSPS) is 25.8. The van der Waals surface area contributed by atoms with Crippen molar-refractivity contribution >= 4 is 27.5 Å². The van der Waals surface area contributed by atoms with Crippen LogP contribution in [0.4, 0.5) is 0 Å². The molecule has 4 rings (SSSR count). The van der Waals surface area contributed by atoms with Gasteiger partial charge in [-0.05, 0) is 43.0 Å². The Bertz CT molecular complexity index is 1140. The molecule has 2 heterocycles. The van der Waals surface area contributed by atoms with Crippen LogP contribution < -0.4 is 5.32 Å². The first kappa shape index (κ1) is 26.1. The lowest BCUT2D eigenvalue weighted by Gasteiger charge is -2.43. The number of hydrogen-bond donors (Lipinski definition) is 2. The summed E-state index contributed by atoms with van der Waals surface area (Å²) in [5.41, 5.74) is 1.47. The second-order valence-electron chi connectivity index (χ2n) is 9.05. The van der Waals surface area contributed by atoms with E-state index in [4.69, 9.17) is 21.1 Å². The van der Waals surface area contributed by atoms with Crippen molar-refractivity contribution in [1.29, 1.82) is 0 Å². The molecular weight excluding hydrogens is 492 g/mol. The molecule has 2 fully saturated rings. The van der Waals surface area contributed by atoms with Gasteiger partial charge < -0.3 is 19.9 Å². The first-order valence-electron chi connectivity index (χ1n) is 11.7. The number of hydrogen-bond acceptors (Lipinski definition) is 6. The van der Waals surface area contributed by atoms with Crippen molar-refractivity contribution < 1.29 is 27.8 Å². The Kier molecular flexibility index (Phi) is 8.46. The van der Waals surface area contributed by atoms with E-state index in [2.05, 4.69) is 5.32 Å². The third kappa shape index (κ3) is 6.22. The second kappa shape index (κ2) is 11.4. The van der Waals surface area contributed by atoms with Crippen molar-refractivity contribution in [2.75, 3.05) is 19.8 Å². The lowest BCUT2D eigenvalue weighted by atomic mass is 9.96. The fourth-order valence-corrected chi connectivity index (χ4v) is 6.80. The minimum atomic E-state index is -3.87. The highest BCUT2D eigenvalue weighted by atomic mass is 35.5. The molecule has 2 aromatic carbocycles. The van der Waals surface area contributed by atoms with Gasteiger partial charge in [-0.15, -0.1) is 0 Å². The number of nitrogens with one attached hydrogen (secondary N) is 1. The van der Waals surface area contributed by atoms with Crippen molar-refractivity contribution in [3.63, 3.8) is 0 Å². The molecule has 0 saturated carbocycles. The number of amides is 1. The Morgan fingerprint density at radius 1 is 1.14 bits per heavy atom. The van der Waals surface area contributed by atoms with Crippen molar-refractivity contribution in [2.45, 2.75) is 62.0 Å². The fourth-order valence-electron chi connectivity index (χ4n) is 4.66. The molecular formula is C25H31ClN2O6S. The van der Waals surface area contributed by atoms with E-state index in [-0.39, 0.29) is 43.1 Å². The number of halogens is 1. The van der Waals surface area contributed by atoms with Crippen LogP contribution in [-0.2, 0) is 30.8 Å². The number of aliphatic hydroxyl groups is 1. The van der Waals surface area contributed by atoms with E-state index in [1.165, 1.54) is 4.31 Å². The van der Waals surface area contributed by atoms with Gasteiger partial charge in [0.25, 0.3) is 0 Å². The molecule has 0 aliphatic carbocycles. The average Bonchev–Trinajstić information content (AvgIpc) is 2.81. The number of sulfonamides is 1. The third-order valence-electron chi connectivity index (χ3n) is 6.46. The number of aryl methyl sites for hydroxylation is 1. The zero-order valence-electron chi connectivity index (χ0n) is 19.6. The molecule has 190 valence electrons. The summed E-state index contributed by atoms with van der Waals surface area (Å²) in [6, 6.07) is 13.6. The van der Waals surface area contributed by atoms with Crippen LogP contribution in [0.5, 0.6) is 0 Å². The summed E-state index contributed by atoms with van der Waals surface area (Å²) < 4.78 is 40.4. The Morgan fingerprint density at radius 2 is 1.89 bits per heavy atom. The van der Waals surface area contributed by atoms with E-state index in [1.54, 1.807) is 37.3 Å². The van der Waals surface area contributed by atoms with Crippen molar-refractivity contribution in [2.24, 2.45) is 0 Å². The average molecular weight is 523 g/mol. The molecule has 35 heavy (non-hydrogen) atoms. The quantitative estimate of drug-likeness (QED) is 0.604. The molecule has 2 aromatic rings. The van der Waals surface area contributed by atoms with Crippen LogP contribution in [0.2, 0.25) is 5.02 Å². The molecule has 0 bridgehead atoms. The van der Waals surface area contributed by atoms with Gasteiger partial charge in [-0.25, -0.2) is 8.42 Å². The third-order valence-corrected chi connectivity index (χ3v) is 8.88. The fraction of sp³-hybridized carbons (Fsp3) is 0.480. The van der Waals surface area contributed by atoms with E-state index >= 15 is 0 Å². The van der Waals surface area contributed by atoms with Gasteiger partial charge in [0.2, 0.25) is 15.9 Å². The minimum absolute atomic E-state index is 0.00929. The van der Waals surface area contributed by atoms with Crippen LogP contribution >= 0.6 is 11.6 Å². The lowest BCUT2D eigenvalue weighted by molar-refractivity contribution is -0.146. The van der Waals surface area contributed by atoms with Gasteiger partial charge in [-0.2, -0.15) is 4.31 Å². The van der Waals surface area contributed by atoms with Gasteiger partial charge in [0.15, 0.2) is 0 Å². The number of carbonyl (C=O) groups is 1. The number of benzene rings is 2. The Labute approximate surface area is 211 Å². The topological polar surface area (TPSA) is 105 Å². The highest BCUT2D eigenvalue weighted by Gasteiger charge is 2.43. The predicted molar refractivity (Wildman–Crippen MR) is 131 cm³/mol. The first-order valence-corrected chi connectivity index (χ1v) is 13.6. The van der Waals surface area contributed by atoms with E-state index in [0.717, 1.165) is 5.56 Å². The Morgan fingerprint density at radius 3 is 2.66 bits per heavy atom. The maximum absolute atomic E-state index is 13.6. The summed E-state index contributed by atoms with van der Waals surface area (Å²) in [4.78, 5) is 12.8. The monoisotopic (exact) mass is 522 g/mol. The smallest absolute Gasteiger partial charge is 0.243 e. The molecule has 2 saturated heterocycles.